The molecule has 0 aromatic rings. The maximum absolute atomic E-state index is 12.8. The molecular formula is C18H25NO2. The van der Waals surface area contributed by atoms with Crippen molar-refractivity contribution >= 4 is 5.78 Å². The second kappa shape index (κ2) is 4.65. The largest absolute Gasteiger partial charge is 0.381 e. The van der Waals surface area contributed by atoms with E-state index in [9.17, 15) is 9.90 Å². The number of rotatable bonds is 4. The number of Topliss-reactive ketones (excluding diaryl/α,β-unsaturated/α-hetero) is 1. The van der Waals surface area contributed by atoms with Crippen LogP contribution in [0.3, 0.4) is 0 Å². The first-order valence-electron chi connectivity index (χ1n) is 7.92. The van der Waals surface area contributed by atoms with Gasteiger partial charge in [-0.25, -0.2) is 0 Å². The Balaban J connectivity index is 2.04. The smallest absolute Gasteiger partial charge is 0.195 e. The standard InChI is InChI=1S/C18H25NO2/c1-11-10-14-15(13(11)6-5-9-19-4)12(2)18(7-8-18)17(3,21)16(14)20/h10,19,21H,5-9H2,1-4H3/t17-/m0/s1. The highest BCUT2D eigenvalue weighted by Crippen LogP contribution is 2.65. The van der Waals surface area contributed by atoms with Gasteiger partial charge in [0.2, 0.25) is 0 Å². The molecule has 0 bridgehead atoms. The molecule has 3 aliphatic rings. The molecule has 1 spiro atoms. The minimum atomic E-state index is -1.23. The molecule has 0 aliphatic heterocycles. The fraction of sp³-hybridized carbons (Fsp3) is 0.611. The van der Waals surface area contributed by atoms with E-state index in [-0.39, 0.29) is 11.2 Å². The molecule has 0 radical (unpaired) electrons. The highest BCUT2D eigenvalue weighted by Gasteiger charge is 2.64. The molecule has 114 valence electrons. The van der Waals surface area contributed by atoms with Crippen LogP contribution in [0.2, 0.25) is 0 Å². The molecule has 1 atom stereocenters. The number of hydrogen-bond acceptors (Lipinski definition) is 3. The number of hydrogen-bond donors (Lipinski definition) is 2. The summed E-state index contributed by atoms with van der Waals surface area (Å²) < 4.78 is 0. The Morgan fingerprint density at radius 2 is 2.00 bits per heavy atom. The predicted octanol–water partition coefficient (Wildman–Crippen LogP) is 2.67. The monoisotopic (exact) mass is 287 g/mol. The number of ketones is 1. The van der Waals surface area contributed by atoms with E-state index in [1.807, 2.05) is 13.1 Å². The zero-order valence-corrected chi connectivity index (χ0v) is 13.5. The van der Waals surface area contributed by atoms with Gasteiger partial charge in [-0.2, -0.15) is 0 Å². The lowest BCUT2D eigenvalue weighted by molar-refractivity contribution is -0.137. The molecule has 0 amide bonds. The summed E-state index contributed by atoms with van der Waals surface area (Å²) in [5.74, 6) is -0.0800. The number of nitrogens with one attached hydrogen (secondary N) is 1. The molecule has 2 N–H and O–H groups in total. The molecule has 0 unspecified atom stereocenters. The molecule has 0 heterocycles. The minimum Gasteiger partial charge on any atom is -0.381 e. The van der Waals surface area contributed by atoms with Gasteiger partial charge in [0.1, 0.15) is 5.60 Å². The van der Waals surface area contributed by atoms with Gasteiger partial charge in [-0.3, -0.25) is 4.79 Å². The van der Waals surface area contributed by atoms with Gasteiger partial charge in [-0.05, 0) is 82.8 Å². The highest BCUT2D eigenvalue weighted by atomic mass is 16.3. The Kier molecular flexibility index (Phi) is 3.26. The summed E-state index contributed by atoms with van der Waals surface area (Å²) in [5.41, 5.74) is 4.10. The van der Waals surface area contributed by atoms with E-state index in [4.69, 9.17) is 0 Å². The molecule has 1 saturated carbocycles. The van der Waals surface area contributed by atoms with Crippen LogP contribution in [0.25, 0.3) is 0 Å². The van der Waals surface area contributed by atoms with Crippen molar-refractivity contribution in [3.63, 3.8) is 0 Å². The van der Waals surface area contributed by atoms with Crippen LogP contribution in [0.15, 0.2) is 33.9 Å². The lowest BCUT2D eigenvalue weighted by atomic mass is 9.67. The van der Waals surface area contributed by atoms with Crippen molar-refractivity contribution in [2.45, 2.75) is 52.1 Å². The van der Waals surface area contributed by atoms with Crippen LogP contribution in [0.4, 0.5) is 0 Å². The normalized spacial score (nSPS) is 30.1. The van der Waals surface area contributed by atoms with Crippen molar-refractivity contribution in [3.05, 3.63) is 33.9 Å². The van der Waals surface area contributed by atoms with E-state index in [0.717, 1.165) is 43.4 Å². The van der Waals surface area contributed by atoms with Gasteiger partial charge in [-0.15, -0.1) is 0 Å². The van der Waals surface area contributed by atoms with E-state index in [1.54, 1.807) is 6.92 Å². The summed E-state index contributed by atoms with van der Waals surface area (Å²) in [6, 6.07) is 0. The summed E-state index contributed by atoms with van der Waals surface area (Å²) in [7, 11) is 1.96. The van der Waals surface area contributed by atoms with Crippen molar-refractivity contribution in [2.75, 3.05) is 13.6 Å². The molecule has 3 nitrogen and oxygen atoms in total. The van der Waals surface area contributed by atoms with Crippen LogP contribution in [-0.2, 0) is 4.79 Å². The third kappa shape index (κ3) is 1.84. The summed E-state index contributed by atoms with van der Waals surface area (Å²) >= 11 is 0. The van der Waals surface area contributed by atoms with Crippen molar-refractivity contribution in [2.24, 2.45) is 5.41 Å². The molecule has 3 aliphatic carbocycles. The SMILES string of the molecule is CNCCCC1=C(C)C=C2C(=O)[C@](C)(O)C3(CC3)C(C)=C21. The first kappa shape index (κ1) is 14.7. The lowest BCUT2D eigenvalue weighted by Gasteiger charge is -2.39. The number of carbonyl (C=O) groups is 1. The molecule has 3 rings (SSSR count). The molecule has 0 saturated heterocycles. The summed E-state index contributed by atoms with van der Waals surface area (Å²) in [6.45, 7) is 6.89. The molecule has 0 aromatic carbocycles. The van der Waals surface area contributed by atoms with E-state index in [0.29, 0.717) is 0 Å². The molecule has 1 fully saturated rings. The highest BCUT2D eigenvalue weighted by molar-refractivity contribution is 6.10. The topological polar surface area (TPSA) is 49.3 Å². The Bertz CT molecular complexity index is 601. The second-order valence-corrected chi connectivity index (χ2v) is 6.91. The van der Waals surface area contributed by atoms with E-state index < -0.39 is 5.60 Å². The Morgan fingerprint density at radius 3 is 2.57 bits per heavy atom. The quantitative estimate of drug-likeness (QED) is 0.782. The predicted molar refractivity (Wildman–Crippen MR) is 83.9 cm³/mol. The number of carbonyl (C=O) groups excluding carboxylic acids is 1. The summed E-state index contributed by atoms with van der Waals surface area (Å²) in [5, 5.41) is 14.0. The Hall–Kier alpha value is -1.19. The van der Waals surface area contributed by atoms with Gasteiger partial charge in [0.05, 0.1) is 0 Å². The van der Waals surface area contributed by atoms with Gasteiger partial charge in [0.25, 0.3) is 0 Å². The zero-order valence-electron chi connectivity index (χ0n) is 13.5. The van der Waals surface area contributed by atoms with Crippen LogP contribution >= 0.6 is 0 Å². The van der Waals surface area contributed by atoms with Crippen molar-refractivity contribution in [1.29, 1.82) is 0 Å². The summed E-state index contributed by atoms with van der Waals surface area (Å²) in [6.07, 6.45) is 5.90. The average molecular weight is 287 g/mol. The first-order valence-corrected chi connectivity index (χ1v) is 7.92. The van der Waals surface area contributed by atoms with Gasteiger partial charge in [-0.1, -0.05) is 5.57 Å². The fourth-order valence-corrected chi connectivity index (χ4v) is 4.18. The number of aliphatic hydroxyl groups is 1. The van der Waals surface area contributed by atoms with Crippen molar-refractivity contribution < 1.29 is 9.90 Å². The minimum absolute atomic E-state index is 0.0800. The van der Waals surface area contributed by atoms with Crippen molar-refractivity contribution in [1.82, 2.24) is 5.32 Å². The fourth-order valence-electron chi connectivity index (χ4n) is 4.18. The van der Waals surface area contributed by atoms with Gasteiger partial charge < -0.3 is 10.4 Å². The lowest BCUT2D eigenvalue weighted by Crippen LogP contribution is -2.49. The van der Waals surface area contributed by atoms with E-state index >= 15 is 0 Å². The van der Waals surface area contributed by atoms with Crippen LogP contribution in [0, 0.1) is 5.41 Å². The molecule has 21 heavy (non-hydrogen) atoms. The van der Waals surface area contributed by atoms with Crippen LogP contribution in [0.5, 0.6) is 0 Å². The van der Waals surface area contributed by atoms with Crippen LogP contribution in [-0.4, -0.2) is 30.1 Å². The summed E-state index contributed by atoms with van der Waals surface area (Å²) in [4.78, 5) is 12.8. The van der Waals surface area contributed by atoms with Crippen molar-refractivity contribution in [3.8, 4) is 0 Å². The maximum Gasteiger partial charge on any atom is 0.195 e. The zero-order chi connectivity index (χ0) is 15.4. The first-order chi connectivity index (χ1) is 9.87. The number of fused-ring (bicyclic) bond motifs is 1. The molecular weight excluding hydrogens is 262 g/mol. The van der Waals surface area contributed by atoms with Gasteiger partial charge >= 0.3 is 0 Å². The van der Waals surface area contributed by atoms with E-state index in [1.165, 1.54) is 16.7 Å². The molecule has 0 aromatic heterocycles. The van der Waals surface area contributed by atoms with Crippen LogP contribution in [0.1, 0.15) is 46.5 Å². The molecule has 3 heteroatoms. The third-order valence-electron chi connectivity index (χ3n) is 5.72. The number of allylic oxidation sites excluding steroid dienone is 4. The Labute approximate surface area is 126 Å². The Morgan fingerprint density at radius 1 is 1.33 bits per heavy atom. The third-order valence-corrected chi connectivity index (χ3v) is 5.72. The van der Waals surface area contributed by atoms with Gasteiger partial charge in [0, 0.05) is 11.0 Å². The van der Waals surface area contributed by atoms with Crippen LogP contribution < -0.4 is 5.32 Å². The maximum atomic E-state index is 12.8. The van der Waals surface area contributed by atoms with E-state index in [2.05, 4.69) is 19.2 Å². The average Bonchev–Trinajstić information content (AvgIpc) is 3.18. The van der Waals surface area contributed by atoms with Gasteiger partial charge in [0.15, 0.2) is 5.78 Å². The second-order valence-electron chi connectivity index (χ2n) is 6.91.